The number of aromatic nitrogens is 2. The minimum Gasteiger partial charge on any atom is -0.373 e. The van der Waals surface area contributed by atoms with Gasteiger partial charge in [0.15, 0.2) is 0 Å². The van der Waals surface area contributed by atoms with Gasteiger partial charge in [0, 0.05) is 25.0 Å². The molecule has 3 rings (SSSR count). The zero-order valence-electron chi connectivity index (χ0n) is 19.8. The van der Waals surface area contributed by atoms with Crippen LogP contribution < -0.4 is 10.4 Å². The number of rotatable bonds is 6. The first-order chi connectivity index (χ1) is 18.6. The Morgan fingerprint density at radius 3 is 2.15 bits per heavy atom. The van der Waals surface area contributed by atoms with Crippen LogP contribution in [0, 0.1) is 0 Å². The molecule has 1 heterocycles. The van der Waals surface area contributed by atoms with Gasteiger partial charge >= 0.3 is 12.4 Å². The minimum atomic E-state index is -5.14. The average molecular weight is 609 g/mol. The van der Waals surface area contributed by atoms with Crippen molar-refractivity contribution in [3.63, 3.8) is 0 Å². The van der Waals surface area contributed by atoms with E-state index in [2.05, 4.69) is 15.4 Å². The Kier molecular flexibility index (Phi) is 10.7. The van der Waals surface area contributed by atoms with Crippen LogP contribution in [0.5, 0.6) is 0 Å². The van der Waals surface area contributed by atoms with Gasteiger partial charge in [0.25, 0.3) is 5.91 Å². The molecule has 1 unspecified atom stereocenters. The van der Waals surface area contributed by atoms with Gasteiger partial charge in [0.1, 0.15) is 11.7 Å². The molecule has 17 heteroatoms. The number of hydrogen-bond acceptors (Lipinski definition) is 4. The highest BCUT2D eigenvalue weighted by molar-refractivity contribution is 6.42. The Labute approximate surface area is 231 Å². The van der Waals surface area contributed by atoms with E-state index in [4.69, 9.17) is 34.3 Å². The summed E-state index contributed by atoms with van der Waals surface area (Å²) in [7, 11) is 1.28. The van der Waals surface area contributed by atoms with Crippen molar-refractivity contribution in [3.8, 4) is 0 Å². The molecule has 0 bridgehead atoms. The van der Waals surface area contributed by atoms with Crippen molar-refractivity contribution < 1.29 is 35.5 Å². The van der Waals surface area contributed by atoms with Crippen LogP contribution in [0.15, 0.2) is 60.9 Å². The number of nitrogens with one attached hydrogen (secondary N) is 1. The maximum atomic E-state index is 14.9. The fraction of sp³-hybridized carbons (Fsp3) is 0.174. The smallest absolute Gasteiger partial charge is 0.373 e. The van der Waals surface area contributed by atoms with Gasteiger partial charge in [-0.1, -0.05) is 35.3 Å². The van der Waals surface area contributed by atoms with Crippen LogP contribution in [-0.4, -0.2) is 29.1 Å². The van der Waals surface area contributed by atoms with Gasteiger partial charge < -0.3 is 11.1 Å². The summed E-state index contributed by atoms with van der Waals surface area (Å²) in [5.41, 5.74) is 11.9. The van der Waals surface area contributed by atoms with E-state index in [-0.39, 0.29) is 28.1 Å². The van der Waals surface area contributed by atoms with Crippen molar-refractivity contribution in [1.29, 1.82) is 0 Å². The second kappa shape index (κ2) is 13.3. The molecule has 0 fully saturated rings. The van der Waals surface area contributed by atoms with Crippen molar-refractivity contribution in [1.82, 2.24) is 15.4 Å². The third-order valence-corrected chi connectivity index (χ3v) is 5.67. The van der Waals surface area contributed by atoms with E-state index in [9.17, 15) is 35.5 Å². The molecule has 2 aromatic carbocycles. The summed E-state index contributed by atoms with van der Waals surface area (Å²) in [5.74, 6) is -5.41. The lowest BCUT2D eigenvalue weighted by atomic mass is 9.95. The van der Waals surface area contributed by atoms with Gasteiger partial charge in [-0.2, -0.15) is 26.3 Å². The normalized spacial score (nSPS) is 12.5. The van der Waals surface area contributed by atoms with Gasteiger partial charge in [-0.3, -0.25) is 20.1 Å². The molecule has 212 valence electrons. The summed E-state index contributed by atoms with van der Waals surface area (Å²) in [5, 5.41) is 0.703. The topological polar surface area (TPSA) is 117 Å². The largest absolute Gasteiger partial charge is 0.417 e. The zero-order valence-corrected chi connectivity index (χ0v) is 21.4. The van der Waals surface area contributed by atoms with Gasteiger partial charge in [-0.05, 0) is 42.0 Å². The highest BCUT2D eigenvalue weighted by Gasteiger charge is 2.40. The van der Waals surface area contributed by atoms with E-state index >= 15 is 0 Å². The van der Waals surface area contributed by atoms with Crippen molar-refractivity contribution in [2.24, 2.45) is 0 Å². The first kappa shape index (κ1) is 32.1. The van der Waals surface area contributed by atoms with E-state index < -0.39 is 52.3 Å². The summed E-state index contributed by atoms with van der Waals surface area (Å²) in [4.78, 5) is 21.7. The zero-order chi connectivity index (χ0) is 30.3. The summed E-state index contributed by atoms with van der Waals surface area (Å²) in [6, 6.07) is 6.08. The molecule has 1 N–H and O–H groups in total. The van der Waals surface area contributed by atoms with Crippen LogP contribution >= 0.6 is 23.2 Å². The monoisotopic (exact) mass is 608 g/mol. The van der Waals surface area contributed by atoms with E-state index in [0.29, 0.717) is 6.07 Å². The molecule has 0 radical (unpaired) electrons. The molecular weight excluding hydrogens is 594 g/mol. The van der Waals surface area contributed by atoms with E-state index in [1.165, 1.54) is 30.4 Å². The molecule has 3 aromatic rings. The number of halogens is 9. The Morgan fingerprint density at radius 1 is 1.02 bits per heavy atom. The SMILES string of the molecule is CN(NC(=O)c1ccc(/C(F)=C/C(c2ccc(Cl)c(Cl)c2)C(F)(F)F)cc1C(F)(F)F)c1ncccn1.[N-]=[N+]=[N-]. The van der Waals surface area contributed by atoms with Gasteiger partial charge in [0.05, 0.1) is 21.2 Å². The molecular formula is C23H15Cl2F7N7O-. The second-order valence-corrected chi connectivity index (χ2v) is 8.42. The fourth-order valence-electron chi connectivity index (χ4n) is 3.18. The summed E-state index contributed by atoms with van der Waals surface area (Å²) in [6.07, 6.45) is -7.36. The average Bonchev–Trinajstić information content (AvgIpc) is 2.88. The molecule has 0 aliphatic rings. The van der Waals surface area contributed by atoms with E-state index in [1.54, 1.807) is 0 Å². The number of nitrogens with zero attached hydrogens (tertiary/aromatic N) is 6. The fourth-order valence-corrected chi connectivity index (χ4v) is 3.49. The number of alkyl halides is 6. The van der Waals surface area contributed by atoms with Crippen LogP contribution in [0.3, 0.4) is 0 Å². The Bertz CT molecular complexity index is 1410. The van der Waals surface area contributed by atoms with Gasteiger partial charge in [-0.25, -0.2) is 14.4 Å². The van der Waals surface area contributed by atoms with Crippen molar-refractivity contribution in [3.05, 3.63) is 109 Å². The number of anilines is 1. The Hall–Kier alpha value is -4.07. The first-order valence-electron chi connectivity index (χ1n) is 10.5. The minimum absolute atomic E-state index is 0.0319. The van der Waals surface area contributed by atoms with E-state index in [1.807, 2.05) is 0 Å². The predicted molar refractivity (Wildman–Crippen MR) is 134 cm³/mol. The molecule has 1 atom stereocenters. The molecule has 0 aliphatic carbocycles. The predicted octanol–water partition coefficient (Wildman–Crippen LogP) is 8.11. The van der Waals surface area contributed by atoms with Gasteiger partial charge in [-0.15, -0.1) is 0 Å². The van der Waals surface area contributed by atoms with E-state index in [0.717, 1.165) is 29.3 Å². The quantitative estimate of drug-likeness (QED) is 0.0999. The molecule has 0 saturated heterocycles. The lowest BCUT2D eigenvalue weighted by Gasteiger charge is -2.20. The molecule has 1 amide bonds. The molecule has 0 saturated carbocycles. The van der Waals surface area contributed by atoms with Crippen LogP contribution in [0.2, 0.25) is 10.0 Å². The van der Waals surface area contributed by atoms with Crippen molar-refractivity contribution >= 4 is 40.9 Å². The van der Waals surface area contributed by atoms with Crippen LogP contribution in [0.4, 0.5) is 36.7 Å². The number of allylic oxidation sites excluding steroid dienone is 1. The lowest BCUT2D eigenvalue weighted by molar-refractivity contribution is -0.140. The van der Waals surface area contributed by atoms with Crippen molar-refractivity contribution in [2.45, 2.75) is 18.3 Å². The highest BCUT2D eigenvalue weighted by Crippen LogP contribution is 2.41. The molecule has 1 aromatic heterocycles. The van der Waals surface area contributed by atoms with Gasteiger partial charge in [0.2, 0.25) is 5.95 Å². The third-order valence-electron chi connectivity index (χ3n) is 4.94. The molecule has 8 nitrogen and oxygen atoms in total. The number of hydrogen-bond donors (Lipinski definition) is 1. The van der Waals surface area contributed by atoms with Crippen molar-refractivity contribution in [2.75, 3.05) is 12.1 Å². The summed E-state index contributed by atoms with van der Waals surface area (Å²) in [6.45, 7) is 0. The number of carbonyl (C=O) groups excluding carboxylic acids is 1. The third kappa shape index (κ3) is 8.46. The van der Waals surface area contributed by atoms with Crippen LogP contribution in [0.25, 0.3) is 21.8 Å². The molecule has 40 heavy (non-hydrogen) atoms. The standard InChI is InChI=1S/C23H15Cl2F7N4O.N3/c1-36(21-33-7-2-8-34-21)35-20(37)14-5-3-13(9-16(14)23(30,31)32)19(26)11-15(22(27,28)29)12-4-6-17(24)18(25)10-12;1-3-2/h2-11,15H,1H3,(H,35,37);/q;-1/b19-11-;. The number of benzene rings is 2. The summed E-state index contributed by atoms with van der Waals surface area (Å²) < 4.78 is 97.2. The number of hydrazine groups is 1. The number of amides is 1. The highest BCUT2D eigenvalue weighted by atomic mass is 35.5. The maximum Gasteiger partial charge on any atom is 0.417 e. The second-order valence-electron chi connectivity index (χ2n) is 7.60. The number of carbonyl (C=O) groups is 1. The lowest BCUT2D eigenvalue weighted by Crippen LogP contribution is -2.41. The Balaban J connectivity index is 0.00000178. The molecule has 0 aliphatic heterocycles. The Morgan fingerprint density at radius 2 is 1.62 bits per heavy atom. The van der Waals surface area contributed by atoms with Crippen LogP contribution in [0.1, 0.15) is 33.0 Å². The molecule has 0 spiro atoms. The first-order valence-corrected chi connectivity index (χ1v) is 11.3. The maximum absolute atomic E-state index is 14.9. The summed E-state index contributed by atoms with van der Waals surface area (Å²) >= 11 is 11.5. The van der Waals surface area contributed by atoms with Crippen LogP contribution in [-0.2, 0) is 6.18 Å².